The van der Waals surface area contributed by atoms with E-state index >= 15 is 0 Å². The Kier molecular flexibility index (Phi) is 1.33. The molecule has 0 fully saturated rings. The van der Waals surface area contributed by atoms with Gasteiger partial charge in [-0.05, 0) is 18.9 Å². The standard InChI is InChI=1S/C6H9NO/c1-5-2-3-7-6(5)4-8/h4,7H,2-3H2,1H3. The molecule has 1 aliphatic heterocycles. The Balaban J connectivity index is 2.72. The summed E-state index contributed by atoms with van der Waals surface area (Å²) < 4.78 is 0. The minimum absolute atomic E-state index is 0.782. The number of hydrogen-bond donors (Lipinski definition) is 1. The Morgan fingerprint density at radius 3 is 2.75 bits per heavy atom. The van der Waals surface area contributed by atoms with Gasteiger partial charge in [-0.3, -0.25) is 4.79 Å². The van der Waals surface area contributed by atoms with Crippen molar-refractivity contribution < 1.29 is 4.79 Å². The lowest BCUT2D eigenvalue weighted by Crippen LogP contribution is -2.07. The summed E-state index contributed by atoms with van der Waals surface area (Å²) in [5, 5.41) is 2.97. The van der Waals surface area contributed by atoms with Crippen LogP contribution in [-0.4, -0.2) is 12.8 Å². The van der Waals surface area contributed by atoms with Gasteiger partial charge in [0, 0.05) is 6.54 Å². The predicted molar refractivity (Wildman–Crippen MR) is 31.4 cm³/mol. The van der Waals surface area contributed by atoms with Crippen molar-refractivity contribution in [1.82, 2.24) is 5.32 Å². The molecule has 0 bridgehead atoms. The average molecular weight is 111 g/mol. The van der Waals surface area contributed by atoms with E-state index in [0.29, 0.717) is 0 Å². The second-order valence-electron chi connectivity index (χ2n) is 1.99. The second kappa shape index (κ2) is 1.99. The summed E-state index contributed by atoms with van der Waals surface area (Å²) in [4.78, 5) is 10.1. The molecular weight excluding hydrogens is 102 g/mol. The lowest BCUT2D eigenvalue weighted by molar-refractivity contribution is -0.105. The predicted octanol–water partition coefficient (Wildman–Crippen LogP) is 0.453. The van der Waals surface area contributed by atoms with Gasteiger partial charge in [0.1, 0.15) is 0 Å². The maximum atomic E-state index is 10.1. The number of carbonyl (C=O) groups excluding carboxylic acids is 1. The van der Waals surface area contributed by atoms with Crippen molar-refractivity contribution in [2.24, 2.45) is 0 Å². The molecule has 0 aliphatic carbocycles. The number of allylic oxidation sites excluding steroid dienone is 1. The van der Waals surface area contributed by atoms with Gasteiger partial charge in [-0.25, -0.2) is 0 Å². The number of hydrogen-bond acceptors (Lipinski definition) is 2. The maximum Gasteiger partial charge on any atom is 0.165 e. The average Bonchev–Trinajstić information content (AvgIpc) is 2.14. The van der Waals surface area contributed by atoms with Gasteiger partial charge in [0.25, 0.3) is 0 Å². The van der Waals surface area contributed by atoms with Crippen molar-refractivity contribution in [1.29, 1.82) is 0 Å². The summed E-state index contributed by atoms with van der Waals surface area (Å²) >= 11 is 0. The van der Waals surface area contributed by atoms with Crippen molar-refractivity contribution in [2.45, 2.75) is 13.3 Å². The number of aldehydes is 1. The second-order valence-corrected chi connectivity index (χ2v) is 1.99. The van der Waals surface area contributed by atoms with Gasteiger partial charge in [-0.2, -0.15) is 0 Å². The number of nitrogens with one attached hydrogen (secondary N) is 1. The summed E-state index contributed by atoms with van der Waals surface area (Å²) in [5.74, 6) is 0. The zero-order valence-electron chi connectivity index (χ0n) is 4.90. The molecule has 0 unspecified atom stereocenters. The van der Waals surface area contributed by atoms with Crippen LogP contribution in [0.1, 0.15) is 13.3 Å². The topological polar surface area (TPSA) is 29.1 Å². The SMILES string of the molecule is CC1=C(C=O)NCC1. The van der Waals surface area contributed by atoms with Crippen molar-refractivity contribution >= 4 is 6.29 Å². The molecular formula is C6H9NO. The first kappa shape index (κ1) is 5.35. The summed E-state index contributed by atoms with van der Waals surface area (Å²) in [5.41, 5.74) is 1.96. The van der Waals surface area contributed by atoms with Crippen molar-refractivity contribution in [3.63, 3.8) is 0 Å². The van der Waals surface area contributed by atoms with Crippen molar-refractivity contribution in [3.8, 4) is 0 Å². The first-order valence-electron chi connectivity index (χ1n) is 2.73. The van der Waals surface area contributed by atoms with Crippen LogP contribution in [0.2, 0.25) is 0 Å². The molecule has 0 radical (unpaired) electrons. The molecule has 1 aliphatic rings. The van der Waals surface area contributed by atoms with Gasteiger partial charge >= 0.3 is 0 Å². The summed E-state index contributed by atoms with van der Waals surface area (Å²) in [6.07, 6.45) is 1.90. The van der Waals surface area contributed by atoms with Crippen LogP contribution in [0.25, 0.3) is 0 Å². The molecule has 0 saturated carbocycles. The molecule has 44 valence electrons. The van der Waals surface area contributed by atoms with Crippen molar-refractivity contribution in [3.05, 3.63) is 11.3 Å². The van der Waals surface area contributed by atoms with Crippen LogP contribution in [0.3, 0.4) is 0 Å². The quantitative estimate of drug-likeness (QED) is 0.498. The van der Waals surface area contributed by atoms with Crippen LogP contribution in [0, 0.1) is 0 Å². The third-order valence-electron chi connectivity index (χ3n) is 1.39. The highest BCUT2D eigenvalue weighted by atomic mass is 16.1. The molecule has 2 nitrogen and oxygen atoms in total. The highest BCUT2D eigenvalue weighted by Gasteiger charge is 2.06. The van der Waals surface area contributed by atoms with Crippen LogP contribution in [-0.2, 0) is 4.79 Å². The molecule has 0 saturated heterocycles. The van der Waals surface area contributed by atoms with Crippen LogP contribution in [0.15, 0.2) is 11.3 Å². The van der Waals surface area contributed by atoms with E-state index in [9.17, 15) is 4.79 Å². The van der Waals surface area contributed by atoms with Gasteiger partial charge in [0.2, 0.25) is 0 Å². The molecule has 0 atom stereocenters. The largest absolute Gasteiger partial charge is 0.382 e. The van der Waals surface area contributed by atoms with Crippen LogP contribution >= 0.6 is 0 Å². The Morgan fingerprint density at radius 2 is 2.50 bits per heavy atom. The highest BCUT2D eigenvalue weighted by Crippen LogP contribution is 2.08. The summed E-state index contributed by atoms with van der Waals surface area (Å²) in [7, 11) is 0. The normalized spacial score (nSPS) is 18.6. The Bertz CT molecular complexity index is 137. The molecule has 0 amide bonds. The zero-order chi connectivity index (χ0) is 5.98. The van der Waals surface area contributed by atoms with E-state index in [4.69, 9.17) is 0 Å². The first-order chi connectivity index (χ1) is 3.84. The molecule has 1 rings (SSSR count). The van der Waals surface area contributed by atoms with Crippen LogP contribution in [0.5, 0.6) is 0 Å². The Labute approximate surface area is 48.6 Å². The molecule has 0 spiro atoms. The fourth-order valence-corrected chi connectivity index (χ4v) is 0.812. The van der Waals surface area contributed by atoms with Gasteiger partial charge in [0.05, 0.1) is 5.70 Å². The van der Waals surface area contributed by atoms with Gasteiger partial charge in [-0.1, -0.05) is 0 Å². The van der Waals surface area contributed by atoms with Crippen molar-refractivity contribution in [2.75, 3.05) is 6.54 Å². The van der Waals surface area contributed by atoms with Crippen LogP contribution in [0.4, 0.5) is 0 Å². The summed E-state index contributed by atoms with van der Waals surface area (Å²) in [6, 6.07) is 0. The fraction of sp³-hybridized carbons (Fsp3) is 0.500. The number of rotatable bonds is 1. The van der Waals surface area contributed by atoms with Crippen LogP contribution < -0.4 is 5.32 Å². The first-order valence-corrected chi connectivity index (χ1v) is 2.73. The Hall–Kier alpha value is -0.790. The molecule has 0 aromatic carbocycles. The minimum Gasteiger partial charge on any atom is -0.382 e. The third kappa shape index (κ3) is 0.735. The van der Waals surface area contributed by atoms with E-state index in [2.05, 4.69) is 5.32 Å². The maximum absolute atomic E-state index is 10.1. The monoisotopic (exact) mass is 111 g/mol. The molecule has 0 aromatic rings. The minimum atomic E-state index is 0.782. The molecule has 0 aromatic heterocycles. The molecule has 8 heavy (non-hydrogen) atoms. The molecule has 2 heteroatoms. The van der Waals surface area contributed by atoms with E-state index in [1.165, 1.54) is 5.57 Å². The van der Waals surface area contributed by atoms with Gasteiger partial charge in [-0.15, -0.1) is 0 Å². The lowest BCUT2D eigenvalue weighted by Gasteiger charge is -1.89. The lowest BCUT2D eigenvalue weighted by atomic mass is 10.2. The van der Waals surface area contributed by atoms with Gasteiger partial charge in [0.15, 0.2) is 6.29 Å². The fourth-order valence-electron chi connectivity index (χ4n) is 0.812. The third-order valence-corrected chi connectivity index (χ3v) is 1.39. The highest BCUT2D eigenvalue weighted by molar-refractivity contribution is 5.74. The number of carbonyl (C=O) groups is 1. The van der Waals surface area contributed by atoms with E-state index in [1.807, 2.05) is 6.92 Å². The molecule has 1 N–H and O–H groups in total. The van der Waals surface area contributed by atoms with E-state index in [1.54, 1.807) is 0 Å². The Morgan fingerprint density at radius 1 is 1.75 bits per heavy atom. The van der Waals surface area contributed by atoms with Gasteiger partial charge < -0.3 is 5.32 Å². The smallest absolute Gasteiger partial charge is 0.165 e. The summed E-state index contributed by atoms with van der Waals surface area (Å²) in [6.45, 7) is 2.91. The molecule has 1 heterocycles. The van der Waals surface area contributed by atoms with E-state index in [-0.39, 0.29) is 0 Å². The zero-order valence-corrected chi connectivity index (χ0v) is 4.90. The van der Waals surface area contributed by atoms with E-state index < -0.39 is 0 Å². The van der Waals surface area contributed by atoms with E-state index in [0.717, 1.165) is 24.9 Å².